The van der Waals surface area contributed by atoms with Crippen LogP contribution in [0.3, 0.4) is 0 Å². The van der Waals surface area contributed by atoms with E-state index in [2.05, 4.69) is 9.93 Å². The molecule has 0 aromatic rings. The van der Waals surface area contributed by atoms with Crippen LogP contribution in [0.4, 0.5) is 0 Å². The molecule has 1 aliphatic rings. The molecule has 76 valence electrons. The zero-order valence-electron chi connectivity index (χ0n) is 7.62. The molecule has 0 saturated carbocycles. The van der Waals surface area contributed by atoms with Gasteiger partial charge in [-0.05, 0) is 19.8 Å². The highest BCUT2D eigenvalue weighted by molar-refractivity contribution is 7.89. The van der Waals surface area contributed by atoms with Crippen LogP contribution in [-0.4, -0.2) is 33.1 Å². The first-order valence-corrected chi connectivity index (χ1v) is 5.92. The maximum absolute atomic E-state index is 11.0. The van der Waals surface area contributed by atoms with E-state index in [1.165, 1.54) is 0 Å². The van der Waals surface area contributed by atoms with Crippen molar-refractivity contribution < 1.29 is 13.2 Å². The number of nitrogens with one attached hydrogen (secondary N) is 1. The van der Waals surface area contributed by atoms with Gasteiger partial charge in [0.15, 0.2) is 0 Å². The lowest BCUT2D eigenvalue weighted by atomic mass is 10.2. The standard InChI is InChI=1S/C7H14N2O3S/c1-2-13(10,11)9-8-7-4-3-5-12-6-7/h9H,2-6H2,1H3/b8-7+. The van der Waals surface area contributed by atoms with Gasteiger partial charge in [-0.25, -0.2) is 13.2 Å². The van der Waals surface area contributed by atoms with Crippen LogP contribution >= 0.6 is 0 Å². The predicted molar refractivity (Wildman–Crippen MR) is 50.1 cm³/mol. The Labute approximate surface area is 78.2 Å². The summed E-state index contributed by atoms with van der Waals surface area (Å²) in [6.07, 6.45) is 1.72. The summed E-state index contributed by atoms with van der Waals surface area (Å²) < 4.78 is 27.1. The van der Waals surface area contributed by atoms with Gasteiger partial charge in [-0.1, -0.05) is 0 Å². The van der Waals surface area contributed by atoms with Gasteiger partial charge in [-0.15, -0.1) is 0 Å². The van der Waals surface area contributed by atoms with Crippen LogP contribution < -0.4 is 4.83 Å². The second kappa shape index (κ2) is 4.57. The van der Waals surface area contributed by atoms with Gasteiger partial charge in [0.2, 0.25) is 10.0 Å². The normalized spacial score (nSPS) is 21.8. The van der Waals surface area contributed by atoms with Crippen molar-refractivity contribution in [3.8, 4) is 0 Å². The molecule has 0 aliphatic carbocycles. The van der Waals surface area contributed by atoms with E-state index in [1.54, 1.807) is 6.92 Å². The van der Waals surface area contributed by atoms with Crippen molar-refractivity contribution in [1.29, 1.82) is 0 Å². The molecule has 13 heavy (non-hydrogen) atoms. The van der Waals surface area contributed by atoms with Crippen molar-refractivity contribution in [3.05, 3.63) is 0 Å². The Bertz CT molecular complexity index is 276. The van der Waals surface area contributed by atoms with Gasteiger partial charge in [-0.3, -0.25) is 0 Å². The summed E-state index contributed by atoms with van der Waals surface area (Å²) >= 11 is 0. The maximum Gasteiger partial charge on any atom is 0.247 e. The lowest BCUT2D eigenvalue weighted by Crippen LogP contribution is -2.25. The van der Waals surface area contributed by atoms with E-state index < -0.39 is 10.0 Å². The number of sulfonamides is 1. The minimum atomic E-state index is -3.21. The summed E-state index contributed by atoms with van der Waals surface area (Å²) in [5, 5.41) is 3.78. The Kier molecular flexibility index (Phi) is 3.68. The second-order valence-corrected chi connectivity index (χ2v) is 4.82. The highest BCUT2D eigenvalue weighted by atomic mass is 32.2. The number of rotatable bonds is 3. The summed E-state index contributed by atoms with van der Waals surface area (Å²) in [4.78, 5) is 2.16. The van der Waals surface area contributed by atoms with Crippen LogP contribution in [0.2, 0.25) is 0 Å². The Balaban J connectivity index is 2.47. The zero-order valence-corrected chi connectivity index (χ0v) is 8.43. The highest BCUT2D eigenvalue weighted by Gasteiger charge is 2.09. The molecule has 0 spiro atoms. The van der Waals surface area contributed by atoms with Gasteiger partial charge in [0.1, 0.15) is 0 Å². The third kappa shape index (κ3) is 3.73. The van der Waals surface area contributed by atoms with E-state index in [1.807, 2.05) is 0 Å². The molecule has 1 heterocycles. The van der Waals surface area contributed by atoms with Crippen molar-refractivity contribution in [2.24, 2.45) is 5.10 Å². The SMILES string of the molecule is CCS(=O)(=O)N/N=C1\CCCOC1. The fraction of sp³-hybridized carbons (Fsp3) is 0.857. The van der Waals surface area contributed by atoms with Crippen molar-refractivity contribution in [2.75, 3.05) is 19.0 Å². The minimum absolute atomic E-state index is 0.0463. The van der Waals surface area contributed by atoms with Gasteiger partial charge < -0.3 is 4.74 Å². The molecule has 1 fully saturated rings. The van der Waals surface area contributed by atoms with Gasteiger partial charge in [0.25, 0.3) is 0 Å². The molecule has 0 bridgehead atoms. The van der Waals surface area contributed by atoms with Crippen LogP contribution in [0.5, 0.6) is 0 Å². The Morgan fingerprint density at radius 1 is 1.62 bits per heavy atom. The first kappa shape index (κ1) is 10.5. The van der Waals surface area contributed by atoms with Crippen LogP contribution in [0.1, 0.15) is 19.8 Å². The predicted octanol–water partition coefficient (Wildman–Crippen LogP) is 0.0921. The van der Waals surface area contributed by atoms with Gasteiger partial charge in [0.05, 0.1) is 18.1 Å². The van der Waals surface area contributed by atoms with E-state index in [0.717, 1.165) is 25.2 Å². The molecular weight excluding hydrogens is 192 g/mol. The number of hydrazone groups is 1. The fourth-order valence-corrected chi connectivity index (χ4v) is 1.32. The number of hydrogen-bond acceptors (Lipinski definition) is 4. The molecule has 0 radical (unpaired) electrons. The van der Waals surface area contributed by atoms with E-state index in [9.17, 15) is 8.42 Å². The Morgan fingerprint density at radius 3 is 2.92 bits per heavy atom. The Morgan fingerprint density at radius 2 is 2.38 bits per heavy atom. The van der Waals surface area contributed by atoms with E-state index in [0.29, 0.717) is 6.61 Å². The van der Waals surface area contributed by atoms with Gasteiger partial charge in [-0.2, -0.15) is 5.10 Å². The molecule has 1 saturated heterocycles. The molecule has 1 rings (SSSR count). The monoisotopic (exact) mass is 206 g/mol. The van der Waals surface area contributed by atoms with Crippen molar-refractivity contribution in [2.45, 2.75) is 19.8 Å². The highest BCUT2D eigenvalue weighted by Crippen LogP contribution is 2.01. The van der Waals surface area contributed by atoms with Crippen molar-refractivity contribution in [1.82, 2.24) is 4.83 Å². The number of ether oxygens (including phenoxy) is 1. The molecule has 0 atom stereocenters. The summed E-state index contributed by atoms with van der Waals surface area (Å²) in [7, 11) is -3.21. The van der Waals surface area contributed by atoms with Crippen LogP contribution in [0, 0.1) is 0 Å². The molecule has 5 nitrogen and oxygen atoms in total. The molecule has 0 aromatic carbocycles. The minimum Gasteiger partial charge on any atom is -0.375 e. The largest absolute Gasteiger partial charge is 0.375 e. The average Bonchev–Trinajstić information content (AvgIpc) is 2.17. The van der Waals surface area contributed by atoms with Gasteiger partial charge in [0, 0.05) is 6.61 Å². The molecule has 1 N–H and O–H groups in total. The van der Waals surface area contributed by atoms with E-state index in [4.69, 9.17) is 4.74 Å². The molecule has 0 amide bonds. The van der Waals surface area contributed by atoms with E-state index in [-0.39, 0.29) is 5.75 Å². The van der Waals surface area contributed by atoms with Crippen LogP contribution in [-0.2, 0) is 14.8 Å². The first-order valence-electron chi connectivity index (χ1n) is 4.26. The third-order valence-electron chi connectivity index (χ3n) is 1.75. The molecule has 1 aliphatic heterocycles. The fourth-order valence-electron chi connectivity index (χ4n) is 0.927. The van der Waals surface area contributed by atoms with Gasteiger partial charge >= 0.3 is 0 Å². The summed E-state index contributed by atoms with van der Waals surface area (Å²) in [5.74, 6) is 0.0463. The summed E-state index contributed by atoms with van der Waals surface area (Å²) in [6.45, 7) is 2.74. The lowest BCUT2D eigenvalue weighted by Gasteiger charge is -2.13. The van der Waals surface area contributed by atoms with Crippen molar-refractivity contribution >= 4 is 15.7 Å². The third-order valence-corrected chi connectivity index (χ3v) is 2.88. The summed E-state index contributed by atoms with van der Waals surface area (Å²) in [6, 6.07) is 0. The quantitative estimate of drug-likeness (QED) is 0.665. The smallest absolute Gasteiger partial charge is 0.247 e. The van der Waals surface area contributed by atoms with E-state index >= 15 is 0 Å². The zero-order chi connectivity index (χ0) is 9.73. The molecular formula is C7H14N2O3S. The van der Waals surface area contributed by atoms with Crippen molar-refractivity contribution in [3.63, 3.8) is 0 Å². The molecule has 0 unspecified atom stereocenters. The number of hydrogen-bond donors (Lipinski definition) is 1. The topological polar surface area (TPSA) is 67.8 Å². The van der Waals surface area contributed by atoms with Crippen LogP contribution in [0.25, 0.3) is 0 Å². The average molecular weight is 206 g/mol. The van der Waals surface area contributed by atoms with Crippen LogP contribution in [0.15, 0.2) is 5.10 Å². The number of nitrogens with zero attached hydrogens (tertiary/aromatic N) is 1. The molecule has 0 aromatic heterocycles. The second-order valence-electron chi connectivity index (χ2n) is 2.83. The lowest BCUT2D eigenvalue weighted by molar-refractivity contribution is 0.154. The molecule has 6 heteroatoms. The first-order chi connectivity index (χ1) is 6.14. The summed E-state index contributed by atoms with van der Waals surface area (Å²) in [5.41, 5.74) is 0.767. The Hall–Kier alpha value is -0.620. The maximum atomic E-state index is 11.0.